The summed E-state index contributed by atoms with van der Waals surface area (Å²) in [5.74, 6) is 0.0593. The Morgan fingerprint density at radius 1 is 0.320 bits per heavy atom. The van der Waals surface area contributed by atoms with Gasteiger partial charge in [-0.25, -0.2) is 17.6 Å². The fraction of sp³-hybridized carbons (Fsp3) is 0.182. The van der Waals surface area contributed by atoms with Crippen LogP contribution in [0.3, 0.4) is 0 Å². The van der Waals surface area contributed by atoms with Crippen LogP contribution in [0.4, 0.5) is 63.1 Å². The quantitative estimate of drug-likeness (QED) is 0.126. The van der Waals surface area contributed by atoms with E-state index in [0.717, 1.165) is 128 Å². The van der Waals surface area contributed by atoms with E-state index in [9.17, 15) is 17.6 Å². The number of halogens is 4. The van der Waals surface area contributed by atoms with Gasteiger partial charge in [0, 0.05) is 99.6 Å². The second-order valence-corrected chi connectivity index (χ2v) is 27.2. The highest BCUT2D eigenvalue weighted by atomic mass is 19.1. The molecule has 0 saturated heterocycles. The molecule has 502 valence electrons. The molecule has 4 aromatic heterocycles. The van der Waals surface area contributed by atoms with Crippen LogP contribution in [0.15, 0.2) is 266 Å². The molecule has 0 bridgehead atoms. The van der Waals surface area contributed by atoms with E-state index >= 15 is 0 Å². The molecule has 0 aliphatic heterocycles. The molecule has 1 fully saturated rings. The SMILES string of the molecule is CC(C)c1cccc2c1oc1c(N(C)c3ccc(F)cc3)cccc12.CN(c1ccc(F)cc1)c1cccc2c1oc1c(C(C)(C)C)cccc12.CN(c1ccc(F)cc1)c1cccc2c1oc1c(C3CCCC3)cccc12.CN(c1ccc(F)cc1)c1cccc2c1oc1ccccc12. The maximum atomic E-state index is 13.3. The van der Waals surface area contributed by atoms with Gasteiger partial charge in [0.2, 0.25) is 0 Å². The van der Waals surface area contributed by atoms with E-state index < -0.39 is 0 Å². The molecule has 17 rings (SSSR count). The standard InChI is InChI=1S/C24H22FNO.C23H22FNO.C22H20FNO.C19H14FNO/c1-26(18-14-12-17(25)13-15-18)22-11-5-10-21-20-9-4-8-19(16-6-2-3-7-16)23(20)27-24(21)22;1-23(2,3)19-9-5-7-17-18-8-6-10-20(22(18)26-21(17)19)25(4)16-13-11-15(24)12-14-16;1-14(2)17-6-4-7-18-19-8-5-9-20(22(19)25-21(17)18)24(3)16-12-10-15(23)11-13-16;1-21(14-11-9-13(20)10-12-14)17-7-4-6-16-15-5-2-3-8-18(15)22-19(16)17/h4-5,8-16H,2-3,6-7H2,1H3;5-14H,1-4H3;4-14H,1-3H3;2-12H,1H3. The number of nitrogens with zero attached hydrogens (tertiary/aromatic N) is 4. The Morgan fingerprint density at radius 2 is 0.630 bits per heavy atom. The Kier molecular flexibility index (Phi) is 18.2. The zero-order chi connectivity index (χ0) is 69.5. The minimum Gasteiger partial charge on any atom is -0.454 e. The van der Waals surface area contributed by atoms with Gasteiger partial charge in [0.25, 0.3) is 0 Å². The molecule has 0 amide bonds. The third-order valence-electron chi connectivity index (χ3n) is 19.5. The van der Waals surface area contributed by atoms with Crippen LogP contribution in [0, 0.1) is 23.3 Å². The molecule has 12 heteroatoms. The second-order valence-electron chi connectivity index (χ2n) is 27.2. The highest BCUT2D eigenvalue weighted by Crippen LogP contribution is 2.46. The largest absolute Gasteiger partial charge is 0.454 e. The molecule has 0 radical (unpaired) electrons. The molecule has 1 saturated carbocycles. The summed E-state index contributed by atoms with van der Waals surface area (Å²) in [7, 11) is 7.89. The lowest BCUT2D eigenvalue weighted by atomic mass is 9.86. The van der Waals surface area contributed by atoms with Gasteiger partial charge < -0.3 is 37.3 Å². The zero-order valence-corrected chi connectivity index (χ0v) is 57.6. The fourth-order valence-electron chi connectivity index (χ4n) is 14.1. The van der Waals surface area contributed by atoms with Gasteiger partial charge in [-0.15, -0.1) is 0 Å². The first-order valence-corrected chi connectivity index (χ1v) is 34.1. The van der Waals surface area contributed by atoms with Crippen LogP contribution in [0.1, 0.15) is 88.8 Å². The normalized spacial score (nSPS) is 12.5. The average molecular weight is 1330 g/mol. The van der Waals surface area contributed by atoms with Crippen LogP contribution in [0.2, 0.25) is 0 Å². The van der Waals surface area contributed by atoms with Crippen molar-refractivity contribution in [1.29, 1.82) is 0 Å². The summed E-state index contributed by atoms with van der Waals surface area (Å²) in [5, 5.41) is 8.97. The van der Waals surface area contributed by atoms with Crippen molar-refractivity contribution in [3.8, 4) is 0 Å². The van der Waals surface area contributed by atoms with E-state index in [4.69, 9.17) is 17.7 Å². The molecule has 12 aromatic carbocycles. The van der Waals surface area contributed by atoms with E-state index in [2.05, 4.69) is 137 Å². The van der Waals surface area contributed by atoms with Crippen molar-refractivity contribution in [2.45, 2.75) is 77.6 Å². The third kappa shape index (κ3) is 12.9. The number of para-hydroxylation sites is 8. The van der Waals surface area contributed by atoms with Gasteiger partial charge in [-0.2, -0.15) is 0 Å². The summed E-state index contributed by atoms with van der Waals surface area (Å²) in [6, 6.07) is 77.8. The third-order valence-corrected chi connectivity index (χ3v) is 19.5. The molecule has 4 heterocycles. The van der Waals surface area contributed by atoms with Gasteiger partial charge in [0.1, 0.15) is 45.6 Å². The first-order valence-electron chi connectivity index (χ1n) is 34.1. The number of benzene rings is 12. The van der Waals surface area contributed by atoms with Gasteiger partial charge in [0.05, 0.1) is 22.7 Å². The summed E-state index contributed by atoms with van der Waals surface area (Å²) in [4.78, 5) is 8.11. The zero-order valence-electron chi connectivity index (χ0n) is 57.6. The Morgan fingerprint density at radius 3 is 1.04 bits per heavy atom. The molecule has 8 nitrogen and oxygen atoms in total. The molecular weight excluding hydrogens is 1250 g/mol. The van der Waals surface area contributed by atoms with Crippen LogP contribution < -0.4 is 19.6 Å². The Bertz CT molecular complexity index is 5590. The van der Waals surface area contributed by atoms with Gasteiger partial charge in [0.15, 0.2) is 22.3 Å². The van der Waals surface area contributed by atoms with E-state index in [0.29, 0.717) is 11.8 Å². The van der Waals surface area contributed by atoms with Gasteiger partial charge >= 0.3 is 0 Å². The van der Waals surface area contributed by atoms with Gasteiger partial charge in [-0.1, -0.05) is 169 Å². The van der Waals surface area contributed by atoms with Crippen molar-refractivity contribution in [1.82, 2.24) is 0 Å². The maximum absolute atomic E-state index is 13.3. The summed E-state index contributed by atoms with van der Waals surface area (Å²) in [6.07, 6.45) is 5.11. The predicted molar refractivity (Wildman–Crippen MR) is 407 cm³/mol. The molecule has 0 atom stereocenters. The summed E-state index contributed by atoms with van der Waals surface area (Å²) in [5.41, 5.74) is 18.5. The lowest BCUT2D eigenvalue weighted by Crippen LogP contribution is -2.11. The minimum absolute atomic E-state index is 0.00356. The molecule has 16 aromatic rings. The topological polar surface area (TPSA) is 65.5 Å². The molecule has 1 aliphatic rings. The highest BCUT2D eigenvalue weighted by Gasteiger charge is 2.26. The number of fused-ring (bicyclic) bond motifs is 12. The Balaban J connectivity index is 0.000000114. The summed E-state index contributed by atoms with van der Waals surface area (Å²) in [6.45, 7) is 10.9. The first kappa shape index (κ1) is 66.0. The Hall–Kier alpha value is -11.2. The molecular formula is C88H78F4N4O4. The van der Waals surface area contributed by atoms with E-state index in [1.165, 1.54) is 96.3 Å². The van der Waals surface area contributed by atoms with Crippen LogP contribution in [0.25, 0.3) is 87.8 Å². The van der Waals surface area contributed by atoms with Gasteiger partial charge in [-0.3, -0.25) is 0 Å². The lowest BCUT2D eigenvalue weighted by molar-refractivity contribution is 0.573. The molecule has 0 spiro atoms. The molecule has 0 unspecified atom stereocenters. The fourth-order valence-corrected chi connectivity index (χ4v) is 14.1. The van der Waals surface area contributed by atoms with Crippen molar-refractivity contribution < 1.29 is 35.2 Å². The van der Waals surface area contributed by atoms with Crippen molar-refractivity contribution >= 4 is 133 Å². The number of hydrogen-bond donors (Lipinski definition) is 0. The van der Waals surface area contributed by atoms with Crippen molar-refractivity contribution in [3.63, 3.8) is 0 Å². The molecule has 1 aliphatic carbocycles. The van der Waals surface area contributed by atoms with E-state index in [1.807, 2.05) is 97.5 Å². The summed E-state index contributed by atoms with van der Waals surface area (Å²) >= 11 is 0. The Labute approximate surface area is 579 Å². The monoisotopic (exact) mass is 1330 g/mol. The first-order chi connectivity index (χ1) is 48.4. The van der Waals surface area contributed by atoms with Crippen molar-refractivity contribution in [2.24, 2.45) is 0 Å². The lowest BCUT2D eigenvalue weighted by Gasteiger charge is -2.20. The summed E-state index contributed by atoms with van der Waals surface area (Å²) < 4.78 is 78.1. The predicted octanol–water partition coefficient (Wildman–Crippen LogP) is 26.1. The second kappa shape index (κ2) is 27.6. The number of rotatable bonds is 10. The van der Waals surface area contributed by atoms with Crippen molar-refractivity contribution in [2.75, 3.05) is 47.8 Å². The highest BCUT2D eigenvalue weighted by molar-refractivity contribution is 6.13. The number of furan rings is 4. The molecule has 100 heavy (non-hydrogen) atoms. The van der Waals surface area contributed by atoms with Crippen molar-refractivity contribution in [3.05, 3.63) is 289 Å². The van der Waals surface area contributed by atoms with E-state index in [-0.39, 0.29) is 28.7 Å². The smallest absolute Gasteiger partial charge is 0.159 e. The van der Waals surface area contributed by atoms with Crippen LogP contribution in [0.5, 0.6) is 0 Å². The van der Waals surface area contributed by atoms with Crippen LogP contribution in [-0.2, 0) is 5.41 Å². The average Bonchev–Trinajstić information content (AvgIpc) is 1.62. The van der Waals surface area contributed by atoms with Crippen LogP contribution in [-0.4, -0.2) is 28.2 Å². The number of hydrogen-bond acceptors (Lipinski definition) is 8. The van der Waals surface area contributed by atoms with Gasteiger partial charge in [-0.05, 0) is 169 Å². The number of anilines is 8. The van der Waals surface area contributed by atoms with Crippen LogP contribution >= 0.6 is 0 Å². The van der Waals surface area contributed by atoms with E-state index in [1.54, 1.807) is 48.5 Å². The maximum Gasteiger partial charge on any atom is 0.159 e. The minimum atomic E-state index is -0.237. The molecule has 0 N–H and O–H groups in total.